The number of methoxy groups -OCH3 is 1. The zero-order chi connectivity index (χ0) is 18.2. The molecule has 9 heteroatoms. The fourth-order valence-corrected chi connectivity index (χ4v) is 2.68. The van der Waals surface area contributed by atoms with E-state index in [4.69, 9.17) is 4.74 Å². The van der Waals surface area contributed by atoms with Crippen molar-refractivity contribution in [2.24, 2.45) is 0 Å². The van der Waals surface area contributed by atoms with Gasteiger partial charge in [-0.05, 0) is 31.2 Å². The van der Waals surface area contributed by atoms with Gasteiger partial charge in [0.1, 0.15) is 0 Å². The number of ether oxygens (including phenoxy) is 1. The molecule has 2 aromatic rings. The molecule has 1 heterocycles. The van der Waals surface area contributed by atoms with Crippen LogP contribution in [-0.4, -0.2) is 34.1 Å². The smallest absolute Gasteiger partial charge is 0.251 e. The van der Waals surface area contributed by atoms with Crippen LogP contribution in [0, 0.1) is 0 Å². The molecule has 0 aliphatic carbocycles. The number of anilines is 2. The summed E-state index contributed by atoms with van der Waals surface area (Å²) in [6.07, 6.45) is 1.52. The number of hydrogen-bond donors (Lipinski definition) is 3. The van der Waals surface area contributed by atoms with E-state index in [9.17, 15) is 9.59 Å². The van der Waals surface area contributed by atoms with Gasteiger partial charge in [0.2, 0.25) is 17.7 Å². The number of thioether (sulfide) groups is 1. The number of carbonyl (C=O) groups is 2. The summed E-state index contributed by atoms with van der Waals surface area (Å²) < 4.78 is 4.99. The third-order valence-corrected chi connectivity index (χ3v) is 4.11. The fourth-order valence-electron chi connectivity index (χ4n) is 1.81. The van der Waals surface area contributed by atoms with Crippen LogP contribution in [0.1, 0.15) is 13.8 Å². The van der Waals surface area contributed by atoms with Crippen molar-refractivity contribution in [3.63, 3.8) is 0 Å². The van der Waals surface area contributed by atoms with Crippen molar-refractivity contribution in [2.45, 2.75) is 24.0 Å². The van der Waals surface area contributed by atoms with Gasteiger partial charge in [0.15, 0.2) is 0 Å². The number of rotatable bonds is 7. The van der Waals surface area contributed by atoms with Gasteiger partial charge >= 0.3 is 0 Å². The molecule has 1 aromatic carbocycles. The Morgan fingerprint density at radius 1 is 1.20 bits per heavy atom. The zero-order valence-electron chi connectivity index (χ0n) is 14.1. The van der Waals surface area contributed by atoms with E-state index in [0.29, 0.717) is 11.6 Å². The largest absolute Gasteiger partial charge is 0.481 e. The molecule has 25 heavy (non-hydrogen) atoms. The highest BCUT2D eigenvalue weighted by Crippen LogP contribution is 2.24. The van der Waals surface area contributed by atoms with Gasteiger partial charge in [-0.3, -0.25) is 20.4 Å². The van der Waals surface area contributed by atoms with Crippen molar-refractivity contribution in [3.05, 3.63) is 36.5 Å². The molecule has 0 fully saturated rings. The van der Waals surface area contributed by atoms with Crippen molar-refractivity contribution in [1.29, 1.82) is 0 Å². The van der Waals surface area contributed by atoms with E-state index in [0.717, 1.165) is 4.90 Å². The molecule has 0 radical (unpaired) electrons. The Morgan fingerprint density at radius 2 is 1.92 bits per heavy atom. The number of benzene rings is 1. The normalized spacial score (nSPS) is 11.3. The molecular formula is C16H19N5O3S. The SMILES string of the molecule is COc1ccnc(NNC(=O)C(C)Sc2ccc(NC(C)=O)cc2)n1. The molecule has 0 bridgehead atoms. The molecule has 1 aromatic heterocycles. The minimum atomic E-state index is -0.343. The van der Waals surface area contributed by atoms with Crippen LogP contribution in [0.25, 0.3) is 0 Å². The molecule has 0 aliphatic rings. The van der Waals surface area contributed by atoms with Gasteiger partial charge in [-0.1, -0.05) is 0 Å². The van der Waals surface area contributed by atoms with Crippen molar-refractivity contribution < 1.29 is 14.3 Å². The van der Waals surface area contributed by atoms with Crippen molar-refractivity contribution in [2.75, 3.05) is 17.9 Å². The number of nitrogens with one attached hydrogen (secondary N) is 3. The van der Waals surface area contributed by atoms with Gasteiger partial charge in [0.05, 0.1) is 12.4 Å². The third-order valence-electron chi connectivity index (χ3n) is 2.99. The van der Waals surface area contributed by atoms with Crippen LogP contribution in [0.5, 0.6) is 5.88 Å². The molecular weight excluding hydrogens is 342 g/mol. The Bertz CT molecular complexity index is 739. The lowest BCUT2D eigenvalue weighted by Crippen LogP contribution is -2.36. The summed E-state index contributed by atoms with van der Waals surface area (Å²) in [5.74, 6) is 0.291. The van der Waals surface area contributed by atoms with E-state index in [1.165, 1.54) is 32.0 Å². The lowest BCUT2D eigenvalue weighted by Gasteiger charge is -2.13. The average Bonchev–Trinajstić information content (AvgIpc) is 2.61. The van der Waals surface area contributed by atoms with E-state index in [1.807, 2.05) is 12.1 Å². The summed E-state index contributed by atoms with van der Waals surface area (Å²) in [5, 5.41) is 2.35. The van der Waals surface area contributed by atoms with Gasteiger partial charge in [-0.15, -0.1) is 11.8 Å². The maximum atomic E-state index is 12.1. The van der Waals surface area contributed by atoms with E-state index in [1.54, 1.807) is 25.1 Å². The van der Waals surface area contributed by atoms with Crippen LogP contribution in [0.2, 0.25) is 0 Å². The summed E-state index contributed by atoms with van der Waals surface area (Å²) >= 11 is 1.39. The lowest BCUT2D eigenvalue weighted by atomic mass is 10.3. The summed E-state index contributed by atoms with van der Waals surface area (Å²) in [5.41, 5.74) is 5.93. The van der Waals surface area contributed by atoms with Crippen LogP contribution < -0.4 is 20.9 Å². The molecule has 0 aliphatic heterocycles. The first kappa shape index (κ1) is 18.5. The number of amides is 2. The van der Waals surface area contributed by atoms with E-state index in [-0.39, 0.29) is 23.0 Å². The first-order valence-electron chi connectivity index (χ1n) is 7.45. The highest BCUT2D eigenvalue weighted by Gasteiger charge is 2.14. The van der Waals surface area contributed by atoms with Gasteiger partial charge in [0.25, 0.3) is 5.91 Å². The molecule has 0 saturated heterocycles. The van der Waals surface area contributed by atoms with Gasteiger partial charge in [-0.2, -0.15) is 4.98 Å². The summed E-state index contributed by atoms with van der Waals surface area (Å²) in [4.78, 5) is 32.1. The first-order chi connectivity index (χ1) is 12.0. The monoisotopic (exact) mass is 361 g/mol. The highest BCUT2D eigenvalue weighted by molar-refractivity contribution is 8.00. The fraction of sp³-hybridized carbons (Fsp3) is 0.250. The molecule has 132 valence electrons. The second kappa shape index (κ2) is 8.88. The molecule has 0 spiro atoms. The molecule has 1 atom stereocenters. The second-order valence-corrected chi connectivity index (χ2v) is 6.42. The van der Waals surface area contributed by atoms with Crippen LogP contribution in [-0.2, 0) is 9.59 Å². The molecule has 1 unspecified atom stereocenters. The maximum Gasteiger partial charge on any atom is 0.251 e. The maximum absolute atomic E-state index is 12.1. The Labute approximate surface area is 149 Å². The number of carbonyl (C=O) groups excluding carboxylic acids is 2. The van der Waals surface area contributed by atoms with Gasteiger partial charge in [-0.25, -0.2) is 4.98 Å². The van der Waals surface area contributed by atoms with Crippen LogP contribution in [0.15, 0.2) is 41.4 Å². The predicted octanol–water partition coefficient (Wildman–Crippen LogP) is 2.07. The number of hydrazine groups is 1. The molecule has 2 amide bonds. The minimum Gasteiger partial charge on any atom is -0.481 e. The number of hydrogen-bond acceptors (Lipinski definition) is 7. The first-order valence-corrected chi connectivity index (χ1v) is 8.33. The summed E-state index contributed by atoms with van der Waals surface area (Å²) in [7, 11) is 1.50. The van der Waals surface area contributed by atoms with Crippen LogP contribution >= 0.6 is 11.8 Å². The zero-order valence-corrected chi connectivity index (χ0v) is 14.9. The quantitative estimate of drug-likeness (QED) is 0.512. The molecule has 2 rings (SSSR count). The lowest BCUT2D eigenvalue weighted by molar-refractivity contribution is -0.119. The predicted molar refractivity (Wildman–Crippen MR) is 96.4 cm³/mol. The Kier molecular flexibility index (Phi) is 6.58. The topological polar surface area (TPSA) is 105 Å². The van der Waals surface area contributed by atoms with E-state index >= 15 is 0 Å². The number of aromatic nitrogens is 2. The van der Waals surface area contributed by atoms with E-state index in [2.05, 4.69) is 26.1 Å². The van der Waals surface area contributed by atoms with Crippen molar-refractivity contribution in [1.82, 2.24) is 15.4 Å². The van der Waals surface area contributed by atoms with Gasteiger partial charge < -0.3 is 10.1 Å². The van der Waals surface area contributed by atoms with Crippen molar-refractivity contribution in [3.8, 4) is 5.88 Å². The Balaban J connectivity index is 1.86. The molecule has 3 N–H and O–H groups in total. The third kappa shape index (κ3) is 5.96. The minimum absolute atomic E-state index is 0.126. The highest BCUT2D eigenvalue weighted by atomic mass is 32.2. The Morgan fingerprint density at radius 3 is 2.56 bits per heavy atom. The Hall–Kier alpha value is -2.81. The van der Waals surface area contributed by atoms with Crippen LogP contribution in [0.3, 0.4) is 0 Å². The number of nitrogens with zero attached hydrogens (tertiary/aromatic N) is 2. The van der Waals surface area contributed by atoms with Crippen LogP contribution in [0.4, 0.5) is 11.6 Å². The standard InChI is InChI=1S/C16H19N5O3S/c1-10(25-13-6-4-12(5-7-13)18-11(2)22)15(23)20-21-16-17-9-8-14(19-16)24-3/h4-10H,1-3H3,(H,18,22)(H,20,23)(H,17,19,21). The summed E-state index contributed by atoms with van der Waals surface area (Å²) in [6.45, 7) is 3.24. The van der Waals surface area contributed by atoms with Gasteiger partial charge in [0, 0.05) is 29.8 Å². The molecule has 0 saturated carbocycles. The second-order valence-electron chi connectivity index (χ2n) is 5.00. The van der Waals surface area contributed by atoms with E-state index < -0.39 is 0 Å². The average molecular weight is 361 g/mol. The molecule has 8 nitrogen and oxygen atoms in total. The van der Waals surface area contributed by atoms with Crippen molar-refractivity contribution >= 4 is 35.2 Å². The summed E-state index contributed by atoms with van der Waals surface area (Å²) in [6, 6.07) is 8.88.